The Labute approximate surface area is 94.4 Å². The van der Waals surface area contributed by atoms with Crippen LogP contribution >= 0.6 is 0 Å². The zero-order valence-corrected chi connectivity index (χ0v) is 9.43. The van der Waals surface area contributed by atoms with Gasteiger partial charge in [0.25, 0.3) is 0 Å². The number of hydrogen-bond donors (Lipinski definition) is 1. The van der Waals surface area contributed by atoms with Crippen molar-refractivity contribution < 1.29 is 9.53 Å². The quantitative estimate of drug-likeness (QED) is 0.762. The van der Waals surface area contributed by atoms with E-state index in [9.17, 15) is 4.79 Å². The van der Waals surface area contributed by atoms with E-state index >= 15 is 0 Å². The van der Waals surface area contributed by atoms with Crippen molar-refractivity contribution >= 4 is 17.4 Å². The Balaban J connectivity index is 2.39. The van der Waals surface area contributed by atoms with Crippen LogP contribution in [-0.2, 0) is 0 Å². The van der Waals surface area contributed by atoms with E-state index < -0.39 is 0 Å². The number of benzene rings is 1. The monoisotopic (exact) mass is 221 g/mol. The molecule has 5 nitrogen and oxygen atoms in total. The van der Waals surface area contributed by atoms with Gasteiger partial charge >= 0.3 is 6.03 Å². The fraction of sp³-hybridized carbons (Fsp3) is 0.364. The van der Waals surface area contributed by atoms with Crippen LogP contribution < -0.4 is 15.4 Å². The fourth-order valence-electron chi connectivity index (χ4n) is 1.79. The number of nitrogens with two attached hydrogens (primary N) is 1. The van der Waals surface area contributed by atoms with Gasteiger partial charge in [-0.3, -0.25) is 4.90 Å². The van der Waals surface area contributed by atoms with Crippen molar-refractivity contribution in [3.63, 3.8) is 0 Å². The molecule has 5 heteroatoms. The highest BCUT2D eigenvalue weighted by Crippen LogP contribution is 2.32. The van der Waals surface area contributed by atoms with Gasteiger partial charge in [0.15, 0.2) is 0 Å². The van der Waals surface area contributed by atoms with Crippen molar-refractivity contribution in [1.82, 2.24) is 4.90 Å². The maximum absolute atomic E-state index is 11.8. The minimum absolute atomic E-state index is 0.0242. The molecule has 1 aliphatic heterocycles. The number of carbonyl (C=O) groups is 1. The molecule has 0 unspecified atom stereocenters. The SMILES string of the molecule is COc1ccc(N)cc1N1CCN(C)C1=O. The topological polar surface area (TPSA) is 58.8 Å². The summed E-state index contributed by atoms with van der Waals surface area (Å²) in [5, 5.41) is 0. The first-order valence-corrected chi connectivity index (χ1v) is 5.09. The number of hydrogen-bond acceptors (Lipinski definition) is 3. The molecule has 1 fully saturated rings. The van der Waals surface area contributed by atoms with Crippen LogP contribution in [-0.4, -0.2) is 38.2 Å². The zero-order valence-electron chi connectivity index (χ0n) is 9.43. The number of amides is 2. The van der Waals surface area contributed by atoms with Gasteiger partial charge in [0.05, 0.1) is 12.8 Å². The molecule has 1 heterocycles. The third-order valence-corrected chi connectivity index (χ3v) is 2.71. The Morgan fingerprint density at radius 3 is 2.69 bits per heavy atom. The van der Waals surface area contributed by atoms with Gasteiger partial charge in [-0.1, -0.05) is 0 Å². The zero-order chi connectivity index (χ0) is 11.7. The standard InChI is InChI=1S/C11H15N3O2/c1-13-5-6-14(11(13)15)9-7-8(12)3-4-10(9)16-2/h3-4,7H,5-6,12H2,1-2H3. The van der Waals surface area contributed by atoms with Gasteiger partial charge in [0.1, 0.15) is 5.75 Å². The molecule has 0 aromatic heterocycles. The Kier molecular flexibility index (Phi) is 2.60. The summed E-state index contributed by atoms with van der Waals surface area (Å²) >= 11 is 0. The highest BCUT2D eigenvalue weighted by Gasteiger charge is 2.28. The van der Waals surface area contributed by atoms with Gasteiger partial charge in [-0.05, 0) is 18.2 Å². The summed E-state index contributed by atoms with van der Waals surface area (Å²) < 4.78 is 5.23. The average Bonchev–Trinajstić information content (AvgIpc) is 2.60. The average molecular weight is 221 g/mol. The number of rotatable bonds is 2. The maximum Gasteiger partial charge on any atom is 0.324 e. The summed E-state index contributed by atoms with van der Waals surface area (Å²) in [6.07, 6.45) is 0. The molecule has 16 heavy (non-hydrogen) atoms. The molecule has 0 atom stereocenters. The number of nitrogens with zero attached hydrogens (tertiary/aromatic N) is 2. The van der Waals surface area contributed by atoms with Crippen LogP contribution in [0.3, 0.4) is 0 Å². The molecule has 0 bridgehead atoms. The predicted octanol–water partition coefficient (Wildman–Crippen LogP) is 1.15. The third kappa shape index (κ3) is 1.64. The van der Waals surface area contributed by atoms with E-state index in [0.29, 0.717) is 18.0 Å². The first-order valence-electron chi connectivity index (χ1n) is 5.09. The highest BCUT2D eigenvalue weighted by atomic mass is 16.5. The van der Waals surface area contributed by atoms with Crippen molar-refractivity contribution in [3.05, 3.63) is 18.2 Å². The minimum Gasteiger partial charge on any atom is -0.495 e. The van der Waals surface area contributed by atoms with Gasteiger partial charge in [0, 0.05) is 25.8 Å². The third-order valence-electron chi connectivity index (χ3n) is 2.71. The molecular formula is C11H15N3O2. The van der Waals surface area contributed by atoms with Crippen LogP contribution in [0.2, 0.25) is 0 Å². The second-order valence-electron chi connectivity index (χ2n) is 3.79. The molecule has 1 aromatic carbocycles. The van der Waals surface area contributed by atoms with Gasteiger partial charge in [-0.2, -0.15) is 0 Å². The molecule has 0 aliphatic carbocycles. The van der Waals surface area contributed by atoms with Crippen LogP contribution in [0.25, 0.3) is 0 Å². The van der Waals surface area contributed by atoms with E-state index in [2.05, 4.69) is 0 Å². The van der Waals surface area contributed by atoms with Gasteiger partial charge in [-0.25, -0.2) is 4.79 Å². The van der Waals surface area contributed by atoms with Crippen LogP contribution in [0, 0.1) is 0 Å². The van der Waals surface area contributed by atoms with Crippen LogP contribution in [0.5, 0.6) is 5.75 Å². The predicted molar refractivity (Wildman–Crippen MR) is 62.8 cm³/mol. The number of methoxy groups -OCH3 is 1. The second-order valence-corrected chi connectivity index (χ2v) is 3.79. The van der Waals surface area contributed by atoms with Gasteiger partial charge < -0.3 is 15.4 Å². The number of likely N-dealkylation sites (N-methyl/N-ethyl adjacent to an activating group) is 1. The van der Waals surface area contributed by atoms with E-state index in [0.717, 1.165) is 12.2 Å². The minimum atomic E-state index is -0.0242. The smallest absolute Gasteiger partial charge is 0.324 e. The molecule has 1 aromatic rings. The number of ether oxygens (including phenoxy) is 1. The largest absolute Gasteiger partial charge is 0.495 e. The van der Waals surface area contributed by atoms with Crippen molar-refractivity contribution in [1.29, 1.82) is 0 Å². The molecule has 2 rings (SSSR count). The number of carbonyl (C=O) groups excluding carboxylic acids is 1. The number of nitrogen functional groups attached to an aromatic ring is 1. The Morgan fingerprint density at radius 1 is 1.38 bits per heavy atom. The van der Waals surface area contributed by atoms with Crippen molar-refractivity contribution in [3.8, 4) is 5.75 Å². The van der Waals surface area contributed by atoms with Crippen molar-refractivity contribution in [2.24, 2.45) is 0 Å². The van der Waals surface area contributed by atoms with E-state index in [1.807, 2.05) is 0 Å². The van der Waals surface area contributed by atoms with Crippen LogP contribution in [0.15, 0.2) is 18.2 Å². The van der Waals surface area contributed by atoms with E-state index in [1.165, 1.54) is 0 Å². The Morgan fingerprint density at radius 2 is 2.12 bits per heavy atom. The summed E-state index contributed by atoms with van der Waals surface area (Å²) in [6.45, 7) is 1.38. The normalized spacial score (nSPS) is 15.8. The van der Waals surface area contributed by atoms with E-state index in [1.54, 1.807) is 42.2 Å². The molecule has 1 aliphatic rings. The first-order chi connectivity index (χ1) is 7.63. The lowest BCUT2D eigenvalue weighted by atomic mass is 10.2. The summed E-state index contributed by atoms with van der Waals surface area (Å²) in [4.78, 5) is 15.2. The van der Waals surface area contributed by atoms with Crippen LogP contribution in [0.1, 0.15) is 0 Å². The lowest BCUT2D eigenvalue weighted by molar-refractivity contribution is 0.229. The first kappa shape index (κ1) is 10.6. The van der Waals surface area contributed by atoms with Crippen molar-refractivity contribution in [2.45, 2.75) is 0 Å². The lowest BCUT2D eigenvalue weighted by Gasteiger charge is -2.19. The molecular weight excluding hydrogens is 206 g/mol. The van der Waals surface area contributed by atoms with Crippen LogP contribution in [0.4, 0.5) is 16.2 Å². The summed E-state index contributed by atoms with van der Waals surface area (Å²) in [6, 6.07) is 5.27. The summed E-state index contributed by atoms with van der Waals surface area (Å²) in [5.41, 5.74) is 7.08. The molecule has 2 amide bonds. The summed E-state index contributed by atoms with van der Waals surface area (Å²) in [5.74, 6) is 0.665. The molecule has 0 spiro atoms. The lowest BCUT2D eigenvalue weighted by Crippen LogP contribution is -2.29. The Hall–Kier alpha value is -1.91. The fourth-order valence-corrected chi connectivity index (χ4v) is 1.79. The second kappa shape index (κ2) is 3.92. The maximum atomic E-state index is 11.8. The van der Waals surface area contributed by atoms with Gasteiger partial charge in [-0.15, -0.1) is 0 Å². The van der Waals surface area contributed by atoms with Crippen molar-refractivity contribution in [2.75, 3.05) is 37.9 Å². The highest BCUT2D eigenvalue weighted by molar-refractivity contribution is 5.96. The molecule has 0 saturated carbocycles. The molecule has 0 radical (unpaired) electrons. The molecule has 2 N–H and O–H groups in total. The van der Waals surface area contributed by atoms with E-state index in [4.69, 9.17) is 10.5 Å². The Bertz CT molecular complexity index is 420. The molecule has 86 valence electrons. The van der Waals surface area contributed by atoms with Gasteiger partial charge in [0.2, 0.25) is 0 Å². The number of urea groups is 1. The number of anilines is 2. The molecule has 1 saturated heterocycles. The van der Waals surface area contributed by atoms with E-state index in [-0.39, 0.29) is 6.03 Å². The summed E-state index contributed by atoms with van der Waals surface area (Å²) in [7, 11) is 3.36.